The highest BCUT2D eigenvalue weighted by Crippen LogP contribution is 2.18. The molecule has 22 heavy (non-hydrogen) atoms. The lowest BCUT2D eigenvalue weighted by atomic mass is 10.3. The summed E-state index contributed by atoms with van der Waals surface area (Å²) in [5.74, 6) is -2.46. The van der Waals surface area contributed by atoms with Gasteiger partial charge in [-0.3, -0.25) is 24.0 Å². The molecule has 1 aliphatic rings. The van der Waals surface area contributed by atoms with Gasteiger partial charge >= 0.3 is 17.8 Å². The summed E-state index contributed by atoms with van der Waals surface area (Å²) >= 11 is 0. The molecule has 0 spiro atoms. The molecule has 9 nitrogen and oxygen atoms in total. The van der Waals surface area contributed by atoms with Crippen molar-refractivity contribution in [1.29, 1.82) is 0 Å². The van der Waals surface area contributed by atoms with Crippen molar-refractivity contribution in [1.82, 2.24) is 19.6 Å². The van der Waals surface area contributed by atoms with Crippen molar-refractivity contribution < 1.29 is 19.2 Å². The average molecular weight is 307 g/mol. The van der Waals surface area contributed by atoms with Crippen molar-refractivity contribution in [2.45, 2.75) is 20.8 Å². The van der Waals surface area contributed by atoms with Crippen molar-refractivity contribution in [3.63, 3.8) is 0 Å². The number of hydrogen-bond donors (Lipinski definition) is 1. The molecule has 1 fully saturated rings. The summed E-state index contributed by atoms with van der Waals surface area (Å²) in [7, 11) is 1.74. The zero-order valence-corrected chi connectivity index (χ0v) is 12.8. The van der Waals surface area contributed by atoms with E-state index in [0.717, 1.165) is 10.6 Å². The minimum atomic E-state index is -0.985. The maximum Gasteiger partial charge on any atom is 0.334 e. The largest absolute Gasteiger partial charge is 0.334 e. The summed E-state index contributed by atoms with van der Waals surface area (Å²) in [6.07, 6.45) is 0. The number of likely N-dealkylation sites (N-methyl/N-ethyl adjacent to an activating group) is 1. The highest BCUT2D eigenvalue weighted by atomic mass is 16.2. The van der Waals surface area contributed by atoms with Gasteiger partial charge < -0.3 is 5.32 Å². The smallest absolute Gasteiger partial charge is 0.321 e. The minimum absolute atomic E-state index is 0.0857. The Morgan fingerprint density at radius 2 is 1.73 bits per heavy atom. The molecule has 0 aliphatic carbocycles. The van der Waals surface area contributed by atoms with Crippen LogP contribution in [0.1, 0.15) is 18.3 Å². The number of carbonyl (C=O) groups is 4. The van der Waals surface area contributed by atoms with Crippen molar-refractivity contribution >= 4 is 29.4 Å². The molecule has 118 valence electrons. The molecule has 0 saturated carbocycles. The molecular formula is C13H17N5O4. The summed E-state index contributed by atoms with van der Waals surface area (Å²) in [5.41, 5.74) is 1.90. The lowest BCUT2D eigenvalue weighted by molar-refractivity contribution is -0.143. The van der Waals surface area contributed by atoms with Gasteiger partial charge in [-0.25, -0.2) is 9.69 Å². The third-order valence-electron chi connectivity index (χ3n) is 3.53. The van der Waals surface area contributed by atoms with E-state index in [1.54, 1.807) is 32.5 Å². The van der Waals surface area contributed by atoms with E-state index in [0.29, 0.717) is 16.3 Å². The van der Waals surface area contributed by atoms with Gasteiger partial charge in [0, 0.05) is 13.6 Å². The number of carbonyl (C=O) groups excluding carboxylic acids is 4. The van der Waals surface area contributed by atoms with E-state index in [-0.39, 0.29) is 6.54 Å². The zero-order valence-electron chi connectivity index (χ0n) is 12.8. The van der Waals surface area contributed by atoms with Gasteiger partial charge in [-0.1, -0.05) is 0 Å². The molecule has 2 rings (SSSR count). The van der Waals surface area contributed by atoms with Gasteiger partial charge in [-0.15, -0.1) is 0 Å². The van der Waals surface area contributed by atoms with Crippen molar-refractivity contribution in [2.75, 3.05) is 18.4 Å². The second-order valence-electron chi connectivity index (χ2n) is 4.94. The number of aromatic nitrogens is 2. The standard InChI is InChI=1S/C13H17N5O4/c1-5-17-11(20)12(21)18(13(17)22)6-9(19)14-10-7(2)15-16(4)8(10)3/h5-6H2,1-4H3,(H,14,19). The van der Waals surface area contributed by atoms with Gasteiger partial charge in [0.25, 0.3) is 0 Å². The topological polar surface area (TPSA) is 105 Å². The first-order valence-electron chi connectivity index (χ1n) is 6.75. The van der Waals surface area contributed by atoms with Crippen LogP contribution in [0, 0.1) is 13.8 Å². The maximum atomic E-state index is 12.1. The van der Waals surface area contributed by atoms with Crippen LogP contribution in [-0.4, -0.2) is 56.4 Å². The first-order valence-corrected chi connectivity index (χ1v) is 6.75. The Labute approximate surface area is 126 Å². The molecule has 2 heterocycles. The van der Waals surface area contributed by atoms with E-state index in [9.17, 15) is 19.2 Å². The van der Waals surface area contributed by atoms with Crippen LogP contribution in [0.5, 0.6) is 0 Å². The Morgan fingerprint density at radius 3 is 2.18 bits per heavy atom. The van der Waals surface area contributed by atoms with Gasteiger partial charge in [0.1, 0.15) is 6.54 Å². The monoisotopic (exact) mass is 307 g/mol. The van der Waals surface area contributed by atoms with Crippen molar-refractivity contribution in [3.05, 3.63) is 11.4 Å². The number of hydrogen-bond acceptors (Lipinski definition) is 5. The fraction of sp³-hybridized carbons (Fsp3) is 0.462. The second kappa shape index (κ2) is 5.58. The lowest BCUT2D eigenvalue weighted by Crippen LogP contribution is -2.39. The van der Waals surface area contributed by atoms with Crippen LogP contribution < -0.4 is 5.32 Å². The number of nitrogens with zero attached hydrogens (tertiary/aromatic N) is 4. The van der Waals surface area contributed by atoms with Crippen LogP contribution in [0.2, 0.25) is 0 Å². The maximum absolute atomic E-state index is 12.1. The number of aryl methyl sites for hydroxylation is 2. The van der Waals surface area contributed by atoms with Crippen LogP contribution in [0.25, 0.3) is 0 Å². The Balaban J connectivity index is 2.11. The molecular weight excluding hydrogens is 290 g/mol. The summed E-state index contributed by atoms with van der Waals surface area (Å²) in [6.45, 7) is 4.67. The molecule has 1 N–H and O–H groups in total. The molecule has 1 aliphatic heterocycles. The SMILES string of the molecule is CCN1C(=O)C(=O)N(CC(=O)Nc2c(C)nn(C)c2C)C1=O. The molecule has 0 aromatic carbocycles. The molecule has 0 unspecified atom stereocenters. The second-order valence-corrected chi connectivity index (χ2v) is 4.94. The summed E-state index contributed by atoms with van der Waals surface area (Å²) in [4.78, 5) is 48.7. The molecule has 0 atom stereocenters. The van der Waals surface area contributed by atoms with Crippen molar-refractivity contribution in [3.8, 4) is 0 Å². The van der Waals surface area contributed by atoms with Crippen LogP contribution in [0.3, 0.4) is 0 Å². The highest BCUT2D eigenvalue weighted by molar-refractivity contribution is 6.45. The quantitative estimate of drug-likeness (QED) is 0.612. The molecule has 5 amide bonds. The summed E-state index contributed by atoms with van der Waals surface area (Å²) < 4.78 is 1.61. The molecule has 0 radical (unpaired) electrons. The first kappa shape index (κ1) is 15.7. The Morgan fingerprint density at radius 1 is 1.14 bits per heavy atom. The predicted molar refractivity (Wildman–Crippen MR) is 75.8 cm³/mol. The van der Waals surface area contributed by atoms with Crippen LogP contribution in [0.4, 0.5) is 10.5 Å². The van der Waals surface area contributed by atoms with Gasteiger partial charge in [0.15, 0.2) is 0 Å². The van der Waals surface area contributed by atoms with Crippen LogP contribution in [0.15, 0.2) is 0 Å². The summed E-state index contributed by atoms with van der Waals surface area (Å²) in [6, 6.07) is -0.771. The van der Waals surface area contributed by atoms with Gasteiger partial charge in [0.2, 0.25) is 5.91 Å². The molecule has 1 aromatic heterocycles. The normalized spacial score (nSPS) is 15.0. The molecule has 1 aromatic rings. The van der Waals surface area contributed by atoms with Crippen LogP contribution in [-0.2, 0) is 21.4 Å². The Bertz CT molecular complexity index is 678. The molecule has 9 heteroatoms. The van der Waals surface area contributed by atoms with Crippen LogP contribution >= 0.6 is 0 Å². The number of urea groups is 1. The fourth-order valence-electron chi connectivity index (χ4n) is 2.25. The minimum Gasteiger partial charge on any atom is -0.321 e. The Kier molecular flexibility index (Phi) is 3.98. The molecule has 1 saturated heterocycles. The lowest BCUT2D eigenvalue weighted by Gasteiger charge is -2.14. The van der Waals surface area contributed by atoms with E-state index in [1.807, 2.05) is 0 Å². The van der Waals surface area contributed by atoms with E-state index < -0.39 is 30.3 Å². The first-order chi connectivity index (χ1) is 10.3. The van der Waals surface area contributed by atoms with E-state index in [4.69, 9.17) is 0 Å². The number of imide groups is 2. The Hall–Kier alpha value is -2.71. The number of amides is 5. The van der Waals surface area contributed by atoms with Gasteiger partial charge in [-0.05, 0) is 20.8 Å². The number of anilines is 1. The fourth-order valence-corrected chi connectivity index (χ4v) is 2.25. The third kappa shape index (κ3) is 2.45. The number of rotatable bonds is 4. The van der Waals surface area contributed by atoms with Gasteiger partial charge in [0.05, 0.1) is 17.1 Å². The zero-order chi connectivity index (χ0) is 16.6. The number of nitrogens with one attached hydrogen (secondary N) is 1. The predicted octanol–water partition coefficient (Wildman–Crippen LogP) is -0.214. The van der Waals surface area contributed by atoms with E-state index in [1.165, 1.54) is 0 Å². The van der Waals surface area contributed by atoms with E-state index in [2.05, 4.69) is 10.4 Å². The average Bonchev–Trinajstić information content (AvgIpc) is 2.81. The highest BCUT2D eigenvalue weighted by Gasteiger charge is 2.44. The molecule has 0 bridgehead atoms. The van der Waals surface area contributed by atoms with E-state index >= 15 is 0 Å². The third-order valence-corrected chi connectivity index (χ3v) is 3.53. The van der Waals surface area contributed by atoms with Crippen molar-refractivity contribution in [2.24, 2.45) is 7.05 Å². The van der Waals surface area contributed by atoms with Gasteiger partial charge in [-0.2, -0.15) is 5.10 Å². The summed E-state index contributed by atoms with van der Waals surface area (Å²) in [5, 5.41) is 6.77.